The molecule has 0 radical (unpaired) electrons. The van der Waals surface area contributed by atoms with Gasteiger partial charge in [0, 0.05) is 32.1 Å². The minimum absolute atomic E-state index is 0.0935. The molecule has 1 N–H and O–H groups in total. The molecule has 0 spiro atoms. The standard InChI is InChI=1S/C22H22N6O3/c1-26-22(30)28(16-6-3-2-4-7-16)20(25-26)15-9-11-27(12-10-15)21(29)18-14-17(23-24-18)19-8-5-13-31-19/h2-8,13-15H,9-12H2,1H3,(H,23,24). The molecule has 0 saturated carbocycles. The van der Waals surface area contributed by atoms with Gasteiger partial charge in [0.15, 0.2) is 11.5 Å². The number of aryl methyl sites for hydroxylation is 1. The zero-order valence-corrected chi connectivity index (χ0v) is 17.1. The third-order valence-electron chi connectivity index (χ3n) is 5.70. The van der Waals surface area contributed by atoms with Gasteiger partial charge in [0.1, 0.15) is 11.5 Å². The lowest BCUT2D eigenvalue weighted by molar-refractivity contribution is 0.0704. The van der Waals surface area contributed by atoms with Gasteiger partial charge in [-0.1, -0.05) is 18.2 Å². The molecule has 0 bridgehead atoms. The van der Waals surface area contributed by atoms with Gasteiger partial charge in [0.25, 0.3) is 5.91 Å². The van der Waals surface area contributed by atoms with E-state index >= 15 is 0 Å². The van der Waals surface area contributed by atoms with E-state index in [0.29, 0.717) is 30.2 Å². The van der Waals surface area contributed by atoms with Crippen LogP contribution in [0.3, 0.4) is 0 Å². The van der Waals surface area contributed by atoms with E-state index in [1.54, 1.807) is 34.9 Å². The molecular formula is C22H22N6O3. The number of aromatic nitrogens is 5. The number of carbonyl (C=O) groups excluding carboxylic acids is 1. The van der Waals surface area contributed by atoms with Gasteiger partial charge in [0.05, 0.1) is 12.0 Å². The lowest BCUT2D eigenvalue weighted by atomic mass is 9.95. The molecule has 1 fully saturated rings. The van der Waals surface area contributed by atoms with Crippen molar-refractivity contribution in [3.8, 4) is 17.1 Å². The van der Waals surface area contributed by atoms with Gasteiger partial charge in [-0.15, -0.1) is 0 Å². The third-order valence-corrected chi connectivity index (χ3v) is 5.70. The molecule has 9 nitrogen and oxygen atoms in total. The number of hydrogen-bond donors (Lipinski definition) is 1. The van der Waals surface area contributed by atoms with Crippen LogP contribution >= 0.6 is 0 Å². The summed E-state index contributed by atoms with van der Waals surface area (Å²) in [4.78, 5) is 27.4. The van der Waals surface area contributed by atoms with E-state index in [1.165, 1.54) is 4.68 Å². The van der Waals surface area contributed by atoms with Gasteiger partial charge in [-0.2, -0.15) is 10.2 Å². The van der Waals surface area contributed by atoms with Crippen molar-refractivity contribution in [2.24, 2.45) is 7.05 Å². The number of carbonyl (C=O) groups is 1. The second-order valence-electron chi connectivity index (χ2n) is 7.65. The first-order valence-electron chi connectivity index (χ1n) is 10.2. The summed E-state index contributed by atoms with van der Waals surface area (Å²) in [6, 6.07) is 14.8. The summed E-state index contributed by atoms with van der Waals surface area (Å²) >= 11 is 0. The first-order chi connectivity index (χ1) is 15.1. The number of hydrogen-bond acceptors (Lipinski definition) is 5. The van der Waals surface area contributed by atoms with Gasteiger partial charge >= 0.3 is 5.69 Å². The lowest BCUT2D eigenvalue weighted by Gasteiger charge is -2.31. The molecule has 0 unspecified atom stereocenters. The summed E-state index contributed by atoms with van der Waals surface area (Å²) in [5, 5.41) is 11.5. The number of para-hydroxylation sites is 1. The fourth-order valence-electron chi connectivity index (χ4n) is 4.06. The van der Waals surface area contributed by atoms with Crippen molar-refractivity contribution in [1.82, 2.24) is 29.4 Å². The molecule has 0 aliphatic carbocycles. The highest BCUT2D eigenvalue weighted by Crippen LogP contribution is 2.28. The van der Waals surface area contributed by atoms with Gasteiger partial charge < -0.3 is 9.32 Å². The fourth-order valence-corrected chi connectivity index (χ4v) is 4.06. The SMILES string of the molecule is Cn1nc(C2CCN(C(=O)c3cc(-c4ccco4)[nH]n3)CC2)n(-c2ccccc2)c1=O. The number of benzene rings is 1. The van der Waals surface area contributed by atoms with E-state index in [-0.39, 0.29) is 17.5 Å². The monoisotopic (exact) mass is 418 g/mol. The Kier molecular flexibility index (Phi) is 4.78. The van der Waals surface area contributed by atoms with E-state index in [4.69, 9.17) is 4.42 Å². The molecule has 31 heavy (non-hydrogen) atoms. The van der Waals surface area contributed by atoms with Crippen LogP contribution in [0.1, 0.15) is 35.1 Å². The van der Waals surface area contributed by atoms with E-state index < -0.39 is 0 Å². The Bertz CT molecular complexity index is 1240. The van der Waals surface area contributed by atoms with Crippen LogP contribution in [-0.4, -0.2) is 48.4 Å². The Hall–Kier alpha value is -3.88. The Morgan fingerprint density at radius 3 is 2.61 bits per heavy atom. The summed E-state index contributed by atoms with van der Waals surface area (Å²) in [6.45, 7) is 1.15. The molecule has 4 heterocycles. The first-order valence-corrected chi connectivity index (χ1v) is 10.2. The molecule has 1 aliphatic heterocycles. The first kappa shape index (κ1) is 19.1. The van der Waals surface area contributed by atoms with Crippen LogP contribution < -0.4 is 5.69 Å². The number of furan rings is 1. The van der Waals surface area contributed by atoms with Crippen molar-refractivity contribution in [1.29, 1.82) is 0 Å². The van der Waals surface area contributed by atoms with Crippen molar-refractivity contribution in [2.75, 3.05) is 13.1 Å². The van der Waals surface area contributed by atoms with Crippen molar-refractivity contribution in [3.05, 3.63) is 76.8 Å². The topological polar surface area (TPSA) is 102 Å². The Balaban J connectivity index is 1.32. The highest BCUT2D eigenvalue weighted by molar-refractivity contribution is 5.93. The van der Waals surface area contributed by atoms with Crippen LogP contribution in [0, 0.1) is 0 Å². The minimum Gasteiger partial charge on any atom is -0.463 e. The lowest BCUT2D eigenvalue weighted by Crippen LogP contribution is -2.38. The molecule has 4 aromatic rings. The second kappa shape index (κ2) is 7.75. The number of amides is 1. The Morgan fingerprint density at radius 2 is 1.90 bits per heavy atom. The molecule has 0 atom stereocenters. The average molecular weight is 418 g/mol. The summed E-state index contributed by atoms with van der Waals surface area (Å²) in [5.74, 6) is 1.36. The molecule has 1 amide bonds. The second-order valence-corrected chi connectivity index (χ2v) is 7.65. The van der Waals surface area contributed by atoms with Crippen molar-refractivity contribution >= 4 is 5.91 Å². The van der Waals surface area contributed by atoms with Gasteiger partial charge in [-0.25, -0.2) is 14.0 Å². The van der Waals surface area contributed by atoms with Gasteiger partial charge in [-0.3, -0.25) is 9.89 Å². The van der Waals surface area contributed by atoms with Crippen LogP contribution in [0.2, 0.25) is 0 Å². The normalized spacial score (nSPS) is 14.8. The fraction of sp³-hybridized carbons (Fsp3) is 0.273. The van der Waals surface area contributed by atoms with Crippen LogP contribution in [-0.2, 0) is 7.05 Å². The highest BCUT2D eigenvalue weighted by Gasteiger charge is 2.30. The average Bonchev–Trinajstić information content (AvgIpc) is 3.55. The van der Waals surface area contributed by atoms with Gasteiger partial charge in [0.2, 0.25) is 0 Å². The number of rotatable bonds is 4. The van der Waals surface area contributed by atoms with Crippen LogP contribution in [0.25, 0.3) is 17.1 Å². The molecule has 1 aromatic carbocycles. The number of nitrogens with one attached hydrogen (secondary N) is 1. The van der Waals surface area contributed by atoms with E-state index in [2.05, 4.69) is 15.3 Å². The quantitative estimate of drug-likeness (QED) is 0.549. The Labute approximate surface area is 177 Å². The maximum absolute atomic E-state index is 12.9. The number of H-pyrrole nitrogens is 1. The smallest absolute Gasteiger partial charge is 0.350 e. The third kappa shape index (κ3) is 3.48. The number of likely N-dealkylation sites (tertiary alicyclic amines) is 1. The zero-order valence-electron chi connectivity index (χ0n) is 17.1. The molecule has 158 valence electrons. The van der Waals surface area contributed by atoms with Crippen molar-refractivity contribution in [2.45, 2.75) is 18.8 Å². The number of nitrogens with zero attached hydrogens (tertiary/aromatic N) is 5. The van der Waals surface area contributed by atoms with Crippen LogP contribution in [0.15, 0.2) is 64.0 Å². The maximum Gasteiger partial charge on any atom is 0.350 e. The highest BCUT2D eigenvalue weighted by atomic mass is 16.3. The van der Waals surface area contributed by atoms with Gasteiger partial charge in [-0.05, 0) is 37.1 Å². The largest absolute Gasteiger partial charge is 0.463 e. The number of piperidine rings is 1. The molecule has 1 saturated heterocycles. The van der Waals surface area contributed by atoms with E-state index in [1.807, 2.05) is 36.4 Å². The van der Waals surface area contributed by atoms with E-state index in [0.717, 1.165) is 24.4 Å². The summed E-state index contributed by atoms with van der Waals surface area (Å²) < 4.78 is 8.39. The molecule has 1 aliphatic rings. The van der Waals surface area contributed by atoms with Crippen LogP contribution in [0.4, 0.5) is 0 Å². The van der Waals surface area contributed by atoms with Crippen LogP contribution in [0.5, 0.6) is 0 Å². The maximum atomic E-state index is 12.9. The van der Waals surface area contributed by atoms with Crippen molar-refractivity contribution < 1.29 is 9.21 Å². The zero-order chi connectivity index (χ0) is 21.4. The van der Waals surface area contributed by atoms with E-state index in [9.17, 15) is 9.59 Å². The predicted molar refractivity (Wildman–Crippen MR) is 113 cm³/mol. The Morgan fingerprint density at radius 1 is 1.13 bits per heavy atom. The summed E-state index contributed by atoms with van der Waals surface area (Å²) in [5.41, 5.74) is 1.67. The minimum atomic E-state index is -0.165. The summed E-state index contributed by atoms with van der Waals surface area (Å²) in [7, 11) is 1.66. The molecule has 9 heteroatoms. The summed E-state index contributed by atoms with van der Waals surface area (Å²) in [6.07, 6.45) is 3.03. The molecule has 3 aromatic heterocycles. The van der Waals surface area contributed by atoms with Crippen molar-refractivity contribution in [3.63, 3.8) is 0 Å². The molecule has 5 rings (SSSR count). The number of aromatic amines is 1. The molecular weight excluding hydrogens is 396 g/mol. The predicted octanol–water partition coefficient (Wildman–Crippen LogP) is 2.57.